The molecule has 98 valence electrons. The molecule has 2 amide bonds. The molecule has 0 heterocycles. The molecule has 0 spiro atoms. The molecule has 18 heavy (non-hydrogen) atoms. The molecular formula is C11H15N3O4. The second kappa shape index (κ2) is 5.26. The van der Waals surface area contributed by atoms with Gasteiger partial charge < -0.3 is 20.8 Å². The average Bonchev–Trinajstić information content (AvgIpc) is 2.24. The Morgan fingerprint density at radius 1 is 1.22 bits per heavy atom. The van der Waals surface area contributed by atoms with Crippen molar-refractivity contribution in [3.8, 4) is 0 Å². The second-order valence-corrected chi connectivity index (χ2v) is 3.93. The van der Waals surface area contributed by atoms with Gasteiger partial charge in [-0.1, -0.05) is 0 Å². The highest BCUT2D eigenvalue weighted by Crippen LogP contribution is 2.23. The van der Waals surface area contributed by atoms with Crippen LogP contribution in [0.3, 0.4) is 0 Å². The van der Waals surface area contributed by atoms with E-state index in [4.69, 9.17) is 15.9 Å². The number of nitrogens with two attached hydrogens (primary N) is 1. The fourth-order valence-corrected chi connectivity index (χ4v) is 1.56. The lowest BCUT2D eigenvalue weighted by Gasteiger charge is -2.21. The summed E-state index contributed by atoms with van der Waals surface area (Å²) in [5.74, 6) is 0. The molecule has 1 aromatic carbocycles. The summed E-state index contributed by atoms with van der Waals surface area (Å²) in [6.45, 7) is -0.261. The zero-order valence-electron chi connectivity index (χ0n) is 10.1. The number of hydrogen-bond donors (Lipinski definition) is 3. The standard InChI is InChI=1S/C11H15N3O4/c1-13(2)9-4-3-8(12)5-7(9)6-14(10(15)16)11(17)18/h3-5H,6,12H2,1-2H3,(H,15,16)(H,17,18). The Balaban J connectivity index is 3.12. The van der Waals surface area contributed by atoms with Crippen molar-refractivity contribution < 1.29 is 19.8 Å². The van der Waals surface area contributed by atoms with Gasteiger partial charge in [0, 0.05) is 25.5 Å². The lowest BCUT2D eigenvalue weighted by Crippen LogP contribution is -2.34. The monoisotopic (exact) mass is 253 g/mol. The number of anilines is 2. The first-order valence-electron chi connectivity index (χ1n) is 5.12. The van der Waals surface area contributed by atoms with Gasteiger partial charge in [-0.15, -0.1) is 0 Å². The number of carbonyl (C=O) groups is 2. The Kier molecular flexibility index (Phi) is 3.98. The number of rotatable bonds is 3. The van der Waals surface area contributed by atoms with Crippen LogP contribution in [-0.4, -0.2) is 41.4 Å². The molecule has 7 heteroatoms. The lowest BCUT2D eigenvalue weighted by molar-refractivity contribution is 0.120. The van der Waals surface area contributed by atoms with Gasteiger partial charge in [0.2, 0.25) is 0 Å². The molecule has 4 N–H and O–H groups in total. The molecule has 1 rings (SSSR count). The van der Waals surface area contributed by atoms with Crippen molar-refractivity contribution in [3.05, 3.63) is 23.8 Å². The Bertz CT molecular complexity index is 459. The predicted molar refractivity (Wildman–Crippen MR) is 66.8 cm³/mol. The first-order valence-corrected chi connectivity index (χ1v) is 5.12. The van der Waals surface area contributed by atoms with Crippen molar-refractivity contribution in [2.45, 2.75) is 6.54 Å². The van der Waals surface area contributed by atoms with E-state index in [2.05, 4.69) is 0 Å². The summed E-state index contributed by atoms with van der Waals surface area (Å²) in [6, 6.07) is 4.95. The largest absolute Gasteiger partial charge is 0.465 e. The van der Waals surface area contributed by atoms with Crippen LogP contribution in [0.2, 0.25) is 0 Å². The van der Waals surface area contributed by atoms with E-state index in [9.17, 15) is 9.59 Å². The minimum Gasteiger partial charge on any atom is -0.465 e. The first kappa shape index (κ1) is 13.6. The Hall–Kier alpha value is -2.44. The summed E-state index contributed by atoms with van der Waals surface area (Å²) in [6.07, 6.45) is -3.04. The molecule has 7 nitrogen and oxygen atoms in total. The topological polar surface area (TPSA) is 107 Å². The van der Waals surface area contributed by atoms with Gasteiger partial charge in [-0.2, -0.15) is 0 Å². The van der Waals surface area contributed by atoms with Gasteiger partial charge >= 0.3 is 12.2 Å². The molecule has 0 aliphatic heterocycles. The van der Waals surface area contributed by atoms with Gasteiger partial charge in [-0.3, -0.25) is 0 Å². The molecule has 0 aliphatic rings. The second-order valence-electron chi connectivity index (χ2n) is 3.93. The van der Waals surface area contributed by atoms with E-state index in [-0.39, 0.29) is 6.54 Å². The van der Waals surface area contributed by atoms with Crippen molar-refractivity contribution in [1.82, 2.24) is 4.90 Å². The van der Waals surface area contributed by atoms with E-state index in [1.54, 1.807) is 37.2 Å². The number of hydrogen-bond acceptors (Lipinski definition) is 4. The van der Waals surface area contributed by atoms with Gasteiger partial charge in [0.05, 0.1) is 6.54 Å². The molecule has 0 saturated heterocycles. The van der Waals surface area contributed by atoms with Gasteiger partial charge in [-0.25, -0.2) is 14.5 Å². The van der Waals surface area contributed by atoms with E-state index < -0.39 is 12.2 Å². The van der Waals surface area contributed by atoms with Crippen LogP contribution in [0.25, 0.3) is 0 Å². The molecule has 1 aromatic rings. The van der Waals surface area contributed by atoms with Crippen LogP contribution in [-0.2, 0) is 6.54 Å². The van der Waals surface area contributed by atoms with E-state index in [1.165, 1.54) is 0 Å². The minimum atomic E-state index is -1.52. The van der Waals surface area contributed by atoms with E-state index >= 15 is 0 Å². The van der Waals surface area contributed by atoms with Crippen LogP contribution in [0, 0.1) is 0 Å². The zero-order chi connectivity index (χ0) is 13.9. The fraction of sp³-hybridized carbons (Fsp3) is 0.273. The van der Waals surface area contributed by atoms with Crippen LogP contribution < -0.4 is 10.6 Å². The summed E-state index contributed by atoms with van der Waals surface area (Å²) >= 11 is 0. The molecule has 0 saturated carbocycles. The first-order chi connectivity index (χ1) is 8.32. The van der Waals surface area contributed by atoms with E-state index in [0.717, 1.165) is 5.69 Å². The van der Waals surface area contributed by atoms with Crippen molar-refractivity contribution in [1.29, 1.82) is 0 Å². The lowest BCUT2D eigenvalue weighted by atomic mass is 10.1. The maximum atomic E-state index is 10.8. The van der Waals surface area contributed by atoms with Crippen molar-refractivity contribution in [3.63, 3.8) is 0 Å². The van der Waals surface area contributed by atoms with Crippen LogP contribution in [0.5, 0.6) is 0 Å². The Morgan fingerprint density at radius 3 is 2.22 bits per heavy atom. The molecule has 0 aromatic heterocycles. The van der Waals surface area contributed by atoms with Gasteiger partial charge in [0.25, 0.3) is 0 Å². The molecule has 0 bridgehead atoms. The number of nitrogens with zero attached hydrogens (tertiary/aromatic N) is 2. The third-order valence-corrected chi connectivity index (χ3v) is 2.38. The smallest absolute Gasteiger partial charge is 0.417 e. The number of carboxylic acid groups (broad SMARTS) is 2. The molecule has 0 atom stereocenters. The molecular weight excluding hydrogens is 238 g/mol. The highest BCUT2D eigenvalue weighted by atomic mass is 16.4. The summed E-state index contributed by atoms with van der Waals surface area (Å²) in [5.41, 5.74) is 7.33. The maximum absolute atomic E-state index is 10.8. The summed E-state index contributed by atoms with van der Waals surface area (Å²) in [7, 11) is 3.56. The molecule has 0 radical (unpaired) electrons. The average molecular weight is 253 g/mol. The van der Waals surface area contributed by atoms with Crippen LogP contribution >= 0.6 is 0 Å². The quantitative estimate of drug-likeness (QED) is 0.704. The molecule has 0 aliphatic carbocycles. The summed E-state index contributed by atoms with van der Waals surface area (Å²) in [5, 5.41) is 17.6. The van der Waals surface area contributed by atoms with E-state index in [0.29, 0.717) is 16.2 Å². The zero-order valence-corrected chi connectivity index (χ0v) is 10.1. The summed E-state index contributed by atoms with van der Waals surface area (Å²) < 4.78 is 0. The number of amides is 2. The fourth-order valence-electron chi connectivity index (χ4n) is 1.56. The van der Waals surface area contributed by atoms with Crippen LogP contribution in [0.15, 0.2) is 18.2 Å². The number of imide groups is 1. The minimum absolute atomic E-state index is 0.261. The molecule has 0 unspecified atom stereocenters. The molecule has 0 fully saturated rings. The Morgan fingerprint density at radius 2 is 1.78 bits per heavy atom. The van der Waals surface area contributed by atoms with Gasteiger partial charge in [-0.05, 0) is 23.8 Å². The SMILES string of the molecule is CN(C)c1ccc(N)cc1CN(C(=O)O)C(=O)O. The predicted octanol–water partition coefficient (Wildman–Crippen LogP) is 1.49. The third-order valence-electron chi connectivity index (χ3n) is 2.38. The maximum Gasteiger partial charge on any atom is 0.417 e. The van der Waals surface area contributed by atoms with Gasteiger partial charge in [0.1, 0.15) is 0 Å². The highest BCUT2D eigenvalue weighted by Gasteiger charge is 2.21. The van der Waals surface area contributed by atoms with Crippen LogP contribution in [0.4, 0.5) is 21.0 Å². The normalized spacial score (nSPS) is 9.89. The highest BCUT2D eigenvalue weighted by molar-refractivity contribution is 5.85. The van der Waals surface area contributed by atoms with E-state index in [1.807, 2.05) is 0 Å². The number of nitrogen functional groups attached to an aromatic ring is 1. The van der Waals surface area contributed by atoms with Gasteiger partial charge in [0.15, 0.2) is 0 Å². The van der Waals surface area contributed by atoms with Crippen molar-refractivity contribution in [2.75, 3.05) is 24.7 Å². The number of benzene rings is 1. The van der Waals surface area contributed by atoms with Crippen molar-refractivity contribution >= 4 is 23.6 Å². The third kappa shape index (κ3) is 3.03. The van der Waals surface area contributed by atoms with Crippen molar-refractivity contribution in [2.24, 2.45) is 0 Å². The Labute approximate surface area is 104 Å². The van der Waals surface area contributed by atoms with Crippen LogP contribution in [0.1, 0.15) is 5.56 Å². The summed E-state index contributed by atoms with van der Waals surface area (Å²) in [4.78, 5) is 23.7.